The third-order valence-electron chi connectivity index (χ3n) is 5.86. The molecule has 2 amide bonds. The molecule has 1 aromatic carbocycles. The second-order valence-corrected chi connectivity index (χ2v) is 8.95. The monoisotopic (exact) mass is 446 g/mol. The highest BCUT2D eigenvalue weighted by molar-refractivity contribution is 7.10. The molecule has 8 heteroatoms. The molecular formula is C23H27FN2O4S. The van der Waals surface area contributed by atoms with Gasteiger partial charge >= 0.3 is 0 Å². The first-order chi connectivity index (χ1) is 15.0. The minimum absolute atomic E-state index is 0.000798. The number of nitrogens with zero attached hydrogens (tertiary/aromatic N) is 2. The van der Waals surface area contributed by atoms with Gasteiger partial charge in [0.05, 0.1) is 18.7 Å². The Labute approximate surface area is 185 Å². The highest BCUT2D eigenvalue weighted by atomic mass is 32.1. The number of carbonyl (C=O) groups is 2. The predicted octanol–water partition coefficient (Wildman–Crippen LogP) is 3.42. The normalized spacial score (nSPS) is 20.4. The molecule has 166 valence electrons. The van der Waals surface area contributed by atoms with Crippen LogP contribution in [0.2, 0.25) is 0 Å². The molecular weight excluding hydrogens is 419 g/mol. The minimum Gasteiger partial charge on any atom is -0.491 e. The van der Waals surface area contributed by atoms with Crippen LogP contribution in [0.3, 0.4) is 0 Å². The zero-order valence-electron chi connectivity index (χ0n) is 17.6. The molecule has 0 bridgehead atoms. The highest BCUT2D eigenvalue weighted by Gasteiger charge is 2.33. The number of halogens is 1. The third-order valence-corrected chi connectivity index (χ3v) is 6.85. The SMILES string of the molecule is CC(=O)N(CC(=O)N1CCc2sccc2C1COc1ccc(F)cc1)CC1CCCO1. The largest absolute Gasteiger partial charge is 0.491 e. The van der Waals surface area contributed by atoms with Gasteiger partial charge in [0, 0.05) is 31.5 Å². The topological polar surface area (TPSA) is 59.1 Å². The molecule has 2 atom stereocenters. The number of hydrogen-bond donors (Lipinski definition) is 0. The summed E-state index contributed by atoms with van der Waals surface area (Å²) >= 11 is 1.68. The van der Waals surface area contributed by atoms with Crippen LogP contribution in [0.4, 0.5) is 4.39 Å². The first kappa shape index (κ1) is 21.8. The van der Waals surface area contributed by atoms with E-state index in [0.29, 0.717) is 25.4 Å². The van der Waals surface area contributed by atoms with Gasteiger partial charge in [-0.3, -0.25) is 9.59 Å². The first-order valence-corrected chi connectivity index (χ1v) is 11.5. The number of rotatable bonds is 7. The average Bonchev–Trinajstić information content (AvgIpc) is 3.44. The fourth-order valence-corrected chi connectivity index (χ4v) is 5.10. The summed E-state index contributed by atoms with van der Waals surface area (Å²) in [6, 6.07) is 7.66. The van der Waals surface area contributed by atoms with Crippen molar-refractivity contribution in [1.29, 1.82) is 0 Å². The van der Waals surface area contributed by atoms with E-state index in [2.05, 4.69) is 0 Å². The van der Waals surface area contributed by atoms with E-state index in [-0.39, 0.29) is 42.9 Å². The van der Waals surface area contributed by atoms with E-state index in [9.17, 15) is 14.0 Å². The van der Waals surface area contributed by atoms with Crippen molar-refractivity contribution in [3.63, 3.8) is 0 Å². The molecule has 0 spiro atoms. The molecule has 0 N–H and O–H groups in total. The molecule has 0 radical (unpaired) electrons. The Morgan fingerprint density at radius 3 is 2.81 bits per heavy atom. The van der Waals surface area contributed by atoms with E-state index >= 15 is 0 Å². The summed E-state index contributed by atoms with van der Waals surface area (Å²) in [6.07, 6.45) is 2.69. The summed E-state index contributed by atoms with van der Waals surface area (Å²) in [5, 5.41) is 2.03. The van der Waals surface area contributed by atoms with Crippen molar-refractivity contribution in [1.82, 2.24) is 9.80 Å². The zero-order chi connectivity index (χ0) is 21.8. The number of benzene rings is 1. The molecule has 0 saturated carbocycles. The summed E-state index contributed by atoms with van der Waals surface area (Å²) in [5.74, 6) is 0.00588. The lowest BCUT2D eigenvalue weighted by Gasteiger charge is -2.37. The highest BCUT2D eigenvalue weighted by Crippen LogP contribution is 2.34. The molecule has 3 heterocycles. The maximum Gasteiger partial charge on any atom is 0.242 e. The van der Waals surface area contributed by atoms with Crippen molar-refractivity contribution in [2.24, 2.45) is 0 Å². The standard InChI is InChI=1S/C23H27FN2O4S/c1-16(27)25(13-19-3-2-11-29-19)14-23(28)26-10-8-22-20(9-12-31-22)21(26)15-30-18-6-4-17(24)5-7-18/h4-7,9,12,19,21H,2-3,8,10-11,13-15H2,1H3. The molecule has 1 saturated heterocycles. The van der Waals surface area contributed by atoms with Crippen LogP contribution in [0.15, 0.2) is 35.7 Å². The van der Waals surface area contributed by atoms with Gasteiger partial charge in [-0.2, -0.15) is 0 Å². The average molecular weight is 447 g/mol. The quantitative estimate of drug-likeness (QED) is 0.654. The van der Waals surface area contributed by atoms with Gasteiger partial charge in [0.15, 0.2) is 0 Å². The summed E-state index contributed by atoms with van der Waals surface area (Å²) in [6.45, 7) is 3.52. The molecule has 2 aromatic rings. The molecule has 0 aliphatic carbocycles. The van der Waals surface area contributed by atoms with E-state index in [1.165, 1.54) is 23.9 Å². The number of ether oxygens (including phenoxy) is 2. The number of thiophene rings is 1. The van der Waals surface area contributed by atoms with E-state index in [4.69, 9.17) is 9.47 Å². The van der Waals surface area contributed by atoms with Gasteiger partial charge in [-0.1, -0.05) is 0 Å². The van der Waals surface area contributed by atoms with Crippen molar-refractivity contribution in [3.8, 4) is 5.75 Å². The smallest absolute Gasteiger partial charge is 0.242 e. The Morgan fingerprint density at radius 2 is 2.10 bits per heavy atom. The van der Waals surface area contributed by atoms with Crippen LogP contribution in [0.25, 0.3) is 0 Å². The lowest BCUT2D eigenvalue weighted by Crippen LogP contribution is -2.48. The second kappa shape index (κ2) is 9.78. The van der Waals surface area contributed by atoms with Crippen molar-refractivity contribution >= 4 is 23.2 Å². The molecule has 2 unspecified atom stereocenters. The van der Waals surface area contributed by atoms with E-state index in [0.717, 1.165) is 24.8 Å². The van der Waals surface area contributed by atoms with Crippen LogP contribution in [0, 0.1) is 5.82 Å². The molecule has 1 aromatic heterocycles. The van der Waals surface area contributed by atoms with Gasteiger partial charge in [0.25, 0.3) is 0 Å². The maximum atomic E-state index is 13.3. The molecule has 6 nitrogen and oxygen atoms in total. The van der Waals surface area contributed by atoms with Crippen molar-refractivity contribution < 1.29 is 23.5 Å². The molecule has 2 aliphatic rings. The molecule has 31 heavy (non-hydrogen) atoms. The van der Waals surface area contributed by atoms with Gasteiger partial charge < -0.3 is 19.3 Å². The maximum absolute atomic E-state index is 13.3. The van der Waals surface area contributed by atoms with Gasteiger partial charge in [0.1, 0.15) is 18.2 Å². The molecule has 4 rings (SSSR count). The van der Waals surface area contributed by atoms with Gasteiger partial charge in [0.2, 0.25) is 11.8 Å². The Balaban J connectivity index is 1.46. The van der Waals surface area contributed by atoms with Gasteiger partial charge in [-0.25, -0.2) is 4.39 Å². The fourth-order valence-electron chi connectivity index (χ4n) is 4.17. The van der Waals surface area contributed by atoms with Crippen molar-refractivity contribution in [2.75, 3.05) is 32.8 Å². The Morgan fingerprint density at radius 1 is 1.29 bits per heavy atom. The van der Waals surface area contributed by atoms with Gasteiger partial charge in [-0.05, 0) is 60.5 Å². The number of hydrogen-bond acceptors (Lipinski definition) is 5. The van der Waals surface area contributed by atoms with Crippen molar-refractivity contribution in [2.45, 2.75) is 38.3 Å². The lowest BCUT2D eigenvalue weighted by molar-refractivity contribution is -0.142. The van der Waals surface area contributed by atoms with E-state index in [1.807, 2.05) is 16.3 Å². The number of amides is 2. The van der Waals surface area contributed by atoms with Gasteiger partial charge in [-0.15, -0.1) is 11.3 Å². The van der Waals surface area contributed by atoms with E-state index in [1.54, 1.807) is 28.4 Å². The summed E-state index contributed by atoms with van der Waals surface area (Å²) < 4.78 is 24.7. The predicted molar refractivity (Wildman–Crippen MR) is 116 cm³/mol. The van der Waals surface area contributed by atoms with Crippen LogP contribution in [-0.4, -0.2) is 60.6 Å². The summed E-state index contributed by atoms with van der Waals surface area (Å²) in [7, 11) is 0. The summed E-state index contributed by atoms with van der Waals surface area (Å²) in [4.78, 5) is 30.1. The van der Waals surface area contributed by atoms with Crippen molar-refractivity contribution in [3.05, 3.63) is 52.0 Å². The second-order valence-electron chi connectivity index (χ2n) is 7.95. The Hall–Kier alpha value is -2.45. The minimum atomic E-state index is -0.322. The Bertz CT molecular complexity index is 911. The van der Waals surface area contributed by atoms with Crippen LogP contribution in [-0.2, 0) is 20.7 Å². The summed E-state index contributed by atoms with van der Waals surface area (Å²) in [5.41, 5.74) is 1.08. The van der Waals surface area contributed by atoms with Crippen LogP contribution in [0.1, 0.15) is 36.2 Å². The molecule has 2 aliphatic heterocycles. The first-order valence-electron chi connectivity index (χ1n) is 10.6. The van der Waals surface area contributed by atoms with Crippen LogP contribution < -0.4 is 4.74 Å². The van der Waals surface area contributed by atoms with Crippen LogP contribution >= 0.6 is 11.3 Å². The third kappa shape index (κ3) is 5.25. The number of fused-ring (bicyclic) bond motifs is 1. The zero-order valence-corrected chi connectivity index (χ0v) is 18.4. The molecule has 1 fully saturated rings. The van der Waals surface area contributed by atoms with E-state index < -0.39 is 0 Å². The van der Waals surface area contributed by atoms with Crippen LogP contribution in [0.5, 0.6) is 5.75 Å². The Kier molecular flexibility index (Phi) is 6.87. The fraction of sp³-hybridized carbons (Fsp3) is 0.478. The lowest BCUT2D eigenvalue weighted by atomic mass is 10.0. The number of carbonyl (C=O) groups excluding carboxylic acids is 2.